The molecule has 0 aliphatic heterocycles. The molecule has 0 fully saturated rings. The van der Waals surface area contributed by atoms with E-state index in [1.807, 2.05) is 30.0 Å². The third-order valence-corrected chi connectivity index (χ3v) is 4.11. The molecule has 0 unspecified atom stereocenters. The van der Waals surface area contributed by atoms with Gasteiger partial charge in [-0.3, -0.25) is 4.79 Å². The molecule has 0 aliphatic rings. The molecule has 1 aromatic carbocycles. The average molecular weight is 308 g/mol. The van der Waals surface area contributed by atoms with E-state index in [9.17, 15) is 4.79 Å². The molecular weight excluding hydrogens is 280 g/mol. The number of carbonyl (C=O) groups excluding carboxylic acids is 1. The smallest absolute Gasteiger partial charge is 0.232 e. The molecular formula is C17H28N2OS. The van der Waals surface area contributed by atoms with Gasteiger partial charge < -0.3 is 10.6 Å². The third kappa shape index (κ3) is 6.42. The van der Waals surface area contributed by atoms with Crippen molar-refractivity contribution < 1.29 is 4.79 Å². The van der Waals surface area contributed by atoms with Crippen LogP contribution in [0.25, 0.3) is 0 Å². The predicted molar refractivity (Wildman–Crippen MR) is 92.6 cm³/mol. The summed E-state index contributed by atoms with van der Waals surface area (Å²) < 4.78 is 0. The highest BCUT2D eigenvalue weighted by atomic mass is 32.2. The number of nitrogens with two attached hydrogens (primary N) is 1. The molecule has 2 N–H and O–H groups in total. The summed E-state index contributed by atoms with van der Waals surface area (Å²) in [6, 6.07) is 5.93. The summed E-state index contributed by atoms with van der Waals surface area (Å²) in [5.74, 6) is 1.70. The van der Waals surface area contributed by atoms with Crippen molar-refractivity contribution in [3.63, 3.8) is 0 Å². The number of rotatable bonds is 7. The number of hydrogen-bond acceptors (Lipinski definition) is 3. The fourth-order valence-electron chi connectivity index (χ4n) is 2.13. The number of carbonyl (C=O) groups is 1. The van der Waals surface area contributed by atoms with Crippen molar-refractivity contribution in [3.8, 4) is 0 Å². The largest absolute Gasteiger partial charge is 0.399 e. The topological polar surface area (TPSA) is 46.3 Å². The summed E-state index contributed by atoms with van der Waals surface area (Å²) in [6.07, 6.45) is 0. The fraction of sp³-hybridized carbons (Fsp3) is 0.588. The summed E-state index contributed by atoms with van der Waals surface area (Å²) in [5.41, 5.74) is 7.68. The number of anilines is 1. The van der Waals surface area contributed by atoms with Crippen LogP contribution in [0, 0.1) is 18.8 Å². The van der Waals surface area contributed by atoms with Gasteiger partial charge in [0.15, 0.2) is 0 Å². The van der Waals surface area contributed by atoms with Crippen LogP contribution >= 0.6 is 11.8 Å². The third-order valence-electron chi connectivity index (χ3n) is 3.13. The minimum absolute atomic E-state index is 0.219. The Bertz CT molecular complexity index is 462. The second-order valence-corrected chi connectivity index (χ2v) is 7.44. The molecule has 0 saturated heterocycles. The van der Waals surface area contributed by atoms with Crippen LogP contribution in [-0.4, -0.2) is 29.6 Å². The van der Waals surface area contributed by atoms with E-state index in [-0.39, 0.29) is 5.91 Å². The number of benzene rings is 1. The normalized spacial score (nSPS) is 11.2. The van der Waals surface area contributed by atoms with Gasteiger partial charge in [0.1, 0.15) is 0 Å². The zero-order chi connectivity index (χ0) is 16.0. The standard InChI is InChI=1S/C17H28N2OS/c1-12(2)9-19(10-13(3)4)17(20)11-21-15-6-7-16(18)14(5)8-15/h6-8,12-13H,9-11,18H2,1-5H3. The van der Waals surface area contributed by atoms with Gasteiger partial charge in [-0.1, -0.05) is 27.7 Å². The first-order valence-electron chi connectivity index (χ1n) is 7.56. The average Bonchev–Trinajstić information content (AvgIpc) is 2.38. The molecule has 0 heterocycles. The molecule has 4 heteroatoms. The molecule has 1 aromatic rings. The molecule has 118 valence electrons. The molecule has 1 rings (SSSR count). The molecule has 3 nitrogen and oxygen atoms in total. The van der Waals surface area contributed by atoms with Crippen LogP contribution in [0.1, 0.15) is 33.3 Å². The highest BCUT2D eigenvalue weighted by Crippen LogP contribution is 2.23. The Morgan fingerprint density at radius 2 is 1.76 bits per heavy atom. The molecule has 0 atom stereocenters. The first-order chi connectivity index (χ1) is 9.79. The molecule has 0 radical (unpaired) electrons. The van der Waals surface area contributed by atoms with Gasteiger partial charge in [0.25, 0.3) is 0 Å². The molecule has 0 spiro atoms. The second kappa shape index (κ2) is 8.32. The number of hydrogen-bond donors (Lipinski definition) is 1. The first-order valence-corrected chi connectivity index (χ1v) is 8.54. The van der Waals surface area contributed by atoms with Crippen molar-refractivity contribution in [2.24, 2.45) is 11.8 Å². The molecule has 0 aromatic heterocycles. The summed E-state index contributed by atoms with van der Waals surface area (Å²) in [6.45, 7) is 12.3. The lowest BCUT2D eigenvalue weighted by molar-refractivity contribution is -0.129. The summed E-state index contributed by atoms with van der Waals surface area (Å²) in [7, 11) is 0. The van der Waals surface area contributed by atoms with E-state index in [1.54, 1.807) is 11.8 Å². The maximum Gasteiger partial charge on any atom is 0.232 e. The Hall–Kier alpha value is -1.16. The van der Waals surface area contributed by atoms with Gasteiger partial charge in [0.05, 0.1) is 5.75 Å². The van der Waals surface area contributed by atoms with Crippen molar-refractivity contribution in [2.45, 2.75) is 39.5 Å². The molecule has 1 amide bonds. The molecule has 21 heavy (non-hydrogen) atoms. The Morgan fingerprint density at radius 3 is 2.24 bits per heavy atom. The number of amides is 1. The SMILES string of the molecule is Cc1cc(SCC(=O)N(CC(C)C)CC(C)C)ccc1N. The summed E-state index contributed by atoms with van der Waals surface area (Å²) >= 11 is 1.59. The van der Waals surface area contributed by atoms with E-state index < -0.39 is 0 Å². The lowest BCUT2D eigenvalue weighted by Crippen LogP contribution is -2.38. The maximum absolute atomic E-state index is 12.4. The van der Waals surface area contributed by atoms with E-state index in [4.69, 9.17) is 5.73 Å². The predicted octanol–water partition coefficient (Wildman–Crippen LogP) is 3.81. The maximum atomic E-state index is 12.4. The van der Waals surface area contributed by atoms with Crippen molar-refractivity contribution in [1.29, 1.82) is 0 Å². The van der Waals surface area contributed by atoms with E-state index >= 15 is 0 Å². The van der Waals surface area contributed by atoms with Crippen LogP contribution in [0.2, 0.25) is 0 Å². The minimum atomic E-state index is 0.219. The Balaban J connectivity index is 2.61. The Kier molecular flexibility index (Phi) is 7.09. The van der Waals surface area contributed by atoms with E-state index in [0.717, 1.165) is 29.2 Å². The highest BCUT2D eigenvalue weighted by Gasteiger charge is 2.16. The molecule has 0 aliphatic carbocycles. The molecule has 0 saturated carbocycles. The van der Waals surface area contributed by atoms with Gasteiger partial charge in [-0.2, -0.15) is 0 Å². The highest BCUT2D eigenvalue weighted by molar-refractivity contribution is 8.00. The van der Waals surface area contributed by atoms with Gasteiger partial charge in [-0.05, 0) is 42.5 Å². The van der Waals surface area contributed by atoms with E-state index in [2.05, 4.69) is 27.7 Å². The Morgan fingerprint density at radius 1 is 1.19 bits per heavy atom. The van der Waals surface area contributed by atoms with Gasteiger partial charge in [0, 0.05) is 23.7 Å². The Labute approximate surface area is 133 Å². The van der Waals surface area contributed by atoms with Crippen LogP contribution in [0.4, 0.5) is 5.69 Å². The lowest BCUT2D eigenvalue weighted by Gasteiger charge is -2.26. The van der Waals surface area contributed by atoms with E-state index in [0.29, 0.717) is 17.6 Å². The fourth-order valence-corrected chi connectivity index (χ4v) is 3.03. The van der Waals surface area contributed by atoms with Crippen LogP contribution in [0.15, 0.2) is 23.1 Å². The van der Waals surface area contributed by atoms with Crippen LogP contribution in [0.5, 0.6) is 0 Å². The van der Waals surface area contributed by atoms with Crippen LogP contribution in [0.3, 0.4) is 0 Å². The molecule has 0 bridgehead atoms. The number of thioether (sulfide) groups is 1. The summed E-state index contributed by atoms with van der Waals surface area (Å²) in [5, 5.41) is 0. The van der Waals surface area contributed by atoms with Crippen molar-refractivity contribution >= 4 is 23.4 Å². The monoisotopic (exact) mass is 308 g/mol. The first kappa shape index (κ1) is 17.9. The van der Waals surface area contributed by atoms with Gasteiger partial charge in [-0.15, -0.1) is 11.8 Å². The zero-order valence-corrected chi connectivity index (χ0v) is 14.7. The van der Waals surface area contributed by atoms with Crippen molar-refractivity contribution in [3.05, 3.63) is 23.8 Å². The van der Waals surface area contributed by atoms with Gasteiger partial charge in [0.2, 0.25) is 5.91 Å². The minimum Gasteiger partial charge on any atom is -0.399 e. The van der Waals surface area contributed by atoms with Gasteiger partial charge in [-0.25, -0.2) is 0 Å². The van der Waals surface area contributed by atoms with Gasteiger partial charge >= 0.3 is 0 Å². The summed E-state index contributed by atoms with van der Waals surface area (Å²) in [4.78, 5) is 15.5. The van der Waals surface area contributed by atoms with E-state index in [1.165, 1.54) is 0 Å². The van der Waals surface area contributed by atoms with Crippen molar-refractivity contribution in [2.75, 3.05) is 24.6 Å². The lowest BCUT2D eigenvalue weighted by atomic mass is 10.1. The van der Waals surface area contributed by atoms with Crippen LogP contribution < -0.4 is 5.73 Å². The number of nitrogen functional groups attached to an aromatic ring is 1. The number of nitrogens with zero attached hydrogens (tertiary/aromatic N) is 1. The second-order valence-electron chi connectivity index (χ2n) is 6.39. The quantitative estimate of drug-likeness (QED) is 0.615. The van der Waals surface area contributed by atoms with Crippen LogP contribution in [-0.2, 0) is 4.79 Å². The number of aryl methyl sites for hydroxylation is 1. The zero-order valence-electron chi connectivity index (χ0n) is 13.8. The van der Waals surface area contributed by atoms with Crippen molar-refractivity contribution in [1.82, 2.24) is 4.90 Å².